The van der Waals surface area contributed by atoms with E-state index in [2.05, 4.69) is 15.5 Å². The summed E-state index contributed by atoms with van der Waals surface area (Å²) >= 11 is 1.14. The molecule has 0 spiro atoms. The molecule has 10 nitrogen and oxygen atoms in total. The largest absolute Gasteiger partial charge is 0.507 e. The van der Waals surface area contributed by atoms with Crippen molar-refractivity contribution in [1.29, 1.82) is 0 Å². The van der Waals surface area contributed by atoms with E-state index in [0.29, 0.717) is 28.8 Å². The molecule has 3 aromatic rings. The Morgan fingerprint density at radius 1 is 1.30 bits per heavy atom. The van der Waals surface area contributed by atoms with Gasteiger partial charge in [0.25, 0.3) is 5.69 Å². The number of nitrogens with zero attached hydrogens (tertiary/aromatic N) is 4. The maximum absolute atomic E-state index is 12.4. The van der Waals surface area contributed by atoms with Crippen molar-refractivity contribution in [3.8, 4) is 22.9 Å². The van der Waals surface area contributed by atoms with Crippen LogP contribution in [-0.2, 0) is 11.3 Å². The van der Waals surface area contributed by atoms with E-state index in [4.69, 9.17) is 4.74 Å². The van der Waals surface area contributed by atoms with Gasteiger partial charge in [-0.3, -0.25) is 14.9 Å². The molecule has 0 unspecified atom stereocenters. The lowest BCUT2D eigenvalue weighted by atomic mass is 10.2. The van der Waals surface area contributed by atoms with Crippen LogP contribution >= 0.6 is 11.8 Å². The number of amides is 1. The van der Waals surface area contributed by atoms with E-state index in [1.54, 1.807) is 28.8 Å². The van der Waals surface area contributed by atoms with E-state index in [9.17, 15) is 20.0 Å². The smallest absolute Gasteiger partial charge is 0.296 e. The van der Waals surface area contributed by atoms with Crippen molar-refractivity contribution in [2.24, 2.45) is 0 Å². The fraction of sp³-hybridized carbons (Fsp3) is 0.211. The Morgan fingerprint density at radius 3 is 2.73 bits per heavy atom. The van der Waals surface area contributed by atoms with E-state index < -0.39 is 10.8 Å². The van der Waals surface area contributed by atoms with Crippen molar-refractivity contribution in [3.63, 3.8) is 0 Å². The molecule has 1 amide bonds. The molecular weight excluding hydrogens is 410 g/mol. The van der Waals surface area contributed by atoms with Gasteiger partial charge in [0.05, 0.1) is 29.4 Å². The molecule has 30 heavy (non-hydrogen) atoms. The first kappa shape index (κ1) is 21.1. The number of nitro groups is 1. The molecule has 0 atom stereocenters. The van der Waals surface area contributed by atoms with E-state index >= 15 is 0 Å². The minimum Gasteiger partial charge on any atom is -0.507 e. The number of aromatic hydroxyl groups is 1. The summed E-state index contributed by atoms with van der Waals surface area (Å²) in [6.07, 6.45) is 0. The highest BCUT2D eigenvalue weighted by atomic mass is 32.2. The van der Waals surface area contributed by atoms with Crippen LogP contribution in [-0.4, -0.2) is 43.6 Å². The van der Waals surface area contributed by atoms with Crippen LogP contribution in [0.1, 0.15) is 6.92 Å². The summed E-state index contributed by atoms with van der Waals surface area (Å²) in [7, 11) is 1.40. The summed E-state index contributed by atoms with van der Waals surface area (Å²) in [5.41, 5.74) is 0.363. The van der Waals surface area contributed by atoms with Crippen LogP contribution in [0.25, 0.3) is 11.4 Å². The number of carbonyl (C=O) groups excluding carboxylic acids is 1. The zero-order valence-corrected chi connectivity index (χ0v) is 17.0. The van der Waals surface area contributed by atoms with Crippen molar-refractivity contribution in [2.45, 2.75) is 18.6 Å². The number of anilines is 1. The maximum atomic E-state index is 12.4. The quantitative estimate of drug-likeness (QED) is 0.317. The second-order valence-electron chi connectivity index (χ2n) is 6.04. The average Bonchev–Trinajstić information content (AvgIpc) is 3.15. The van der Waals surface area contributed by atoms with Crippen LogP contribution < -0.4 is 10.1 Å². The van der Waals surface area contributed by atoms with Gasteiger partial charge in [-0.15, -0.1) is 10.2 Å². The number of methoxy groups -OCH3 is 1. The minimum absolute atomic E-state index is 0.0257. The number of phenolic OH excluding ortho intramolecular Hbond substituents is 1. The van der Waals surface area contributed by atoms with Gasteiger partial charge in [-0.2, -0.15) is 0 Å². The maximum Gasteiger partial charge on any atom is 0.296 e. The molecule has 1 heterocycles. The Morgan fingerprint density at radius 2 is 2.07 bits per heavy atom. The molecule has 0 saturated heterocycles. The second-order valence-corrected chi connectivity index (χ2v) is 6.99. The number of hydrogen-bond acceptors (Lipinski definition) is 8. The number of nitrogens with one attached hydrogen (secondary N) is 1. The van der Waals surface area contributed by atoms with Gasteiger partial charge in [0.1, 0.15) is 17.2 Å². The fourth-order valence-corrected chi connectivity index (χ4v) is 3.56. The summed E-state index contributed by atoms with van der Waals surface area (Å²) in [6, 6.07) is 11.0. The summed E-state index contributed by atoms with van der Waals surface area (Å²) in [6.45, 7) is 2.43. The number of hydrogen-bond donors (Lipinski definition) is 2. The third kappa shape index (κ3) is 4.51. The minimum atomic E-state index is -0.586. The molecule has 156 valence electrons. The summed E-state index contributed by atoms with van der Waals surface area (Å²) in [5, 5.41) is 32.6. The normalized spacial score (nSPS) is 10.6. The third-order valence-corrected chi connectivity index (χ3v) is 5.15. The molecular formula is C19H19N5O5S. The first-order valence-electron chi connectivity index (χ1n) is 8.91. The Balaban J connectivity index is 1.73. The molecule has 0 aliphatic heterocycles. The molecule has 2 aromatic carbocycles. The Kier molecular flexibility index (Phi) is 6.52. The molecule has 11 heteroatoms. The number of phenols is 1. The van der Waals surface area contributed by atoms with Gasteiger partial charge >= 0.3 is 0 Å². The topological polar surface area (TPSA) is 132 Å². The van der Waals surface area contributed by atoms with Crippen LogP contribution in [0.4, 0.5) is 11.4 Å². The van der Waals surface area contributed by atoms with Gasteiger partial charge in [0, 0.05) is 6.54 Å². The molecule has 0 radical (unpaired) electrons. The second kappa shape index (κ2) is 9.27. The monoisotopic (exact) mass is 429 g/mol. The lowest BCUT2D eigenvalue weighted by Crippen LogP contribution is -2.15. The van der Waals surface area contributed by atoms with E-state index in [-0.39, 0.29) is 22.9 Å². The summed E-state index contributed by atoms with van der Waals surface area (Å²) in [4.78, 5) is 23.0. The molecule has 0 fully saturated rings. The van der Waals surface area contributed by atoms with Crippen LogP contribution in [0.2, 0.25) is 0 Å². The lowest BCUT2D eigenvalue weighted by molar-refractivity contribution is -0.384. The van der Waals surface area contributed by atoms with Crippen molar-refractivity contribution in [3.05, 3.63) is 52.6 Å². The summed E-state index contributed by atoms with van der Waals surface area (Å²) < 4.78 is 6.77. The highest BCUT2D eigenvalue weighted by Gasteiger charge is 2.19. The third-order valence-electron chi connectivity index (χ3n) is 4.19. The molecule has 0 aliphatic rings. The van der Waals surface area contributed by atoms with Crippen LogP contribution in [0.15, 0.2) is 47.6 Å². The summed E-state index contributed by atoms with van der Waals surface area (Å²) in [5.74, 6) is 0.442. The van der Waals surface area contributed by atoms with Gasteiger partial charge in [-0.1, -0.05) is 23.9 Å². The Hall–Kier alpha value is -3.60. The van der Waals surface area contributed by atoms with Gasteiger partial charge in [0.2, 0.25) is 5.91 Å². The van der Waals surface area contributed by atoms with Gasteiger partial charge < -0.3 is 19.7 Å². The van der Waals surface area contributed by atoms with Gasteiger partial charge in [-0.25, -0.2) is 0 Å². The van der Waals surface area contributed by atoms with Crippen LogP contribution in [0, 0.1) is 10.1 Å². The van der Waals surface area contributed by atoms with Crippen molar-refractivity contribution in [1.82, 2.24) is 14.8 Å². The number of benzene rings is 2. The van der Waals surface area contributed by atoms with Crippen LogP contribution in [0.3, 0.4) is 0 Å². The SMILES string of the molecule is CCn1c(SCC(=O)Nc2ccc(OC)cc2[N+](=O)[O-])nnc1-c1ccccc1O. The van der Waals surface area contributed by atoms with Crippen molar-refractivity contribution in [2.75, 3.05) is 18.2 Å². The number of aromatic nitrogens is 3. The number of ether oxygens (including phenoxy) is 1. The number of para-hydroxylation sites is 1. The number of thioether (sulfide) groups is 1. The number of rotatable bonds is 8. The molecule has 0 bridgehead atoms. The number of carbonyl (C=O) groups is 1. The predicted octanol–water partition coefficient (Wildman–Crippen LogP) is 3.32. The zero-order chi connectivity index (χ0) is 21.7. The van der Waals surface area contributed by atoms with Gasteiger partial charge in [0.15, 0.2) is 11.0 Å². The Bertz CT molecular complexity index is 1080. The zero-order valence-electron chi connectivity index (χ0n) is 16.2. The first-order chi connectivity index (χ1) is 14.4. The molecule has 1 aromatic heterocycles. The first-order valence-corrected chi connectivity index (χ1v) is 9.89. The lowest BCUT2D eigenvalue weighted by Gasteiger charge is -2.09. The number of nitro benzene ring substituents is 1. The molecule has 0 saturated carbocycles. The van der Waals surface area contributed by atoms with Crippen LogP contribution in [0.5, 0.6) is 11.5 Å². The van der Waals surface area contributed by atoms with Crippen molar-refractivity contribution < 1.29 is 19.6 Å². The van der Waals surface area contributed by atoms with E-state index in [1.807, 2.05) is 6.92 Å². The average molecular weight is 429 g/mol. The molecule has 3 rings (SSSR count). The molecule has 0 aliphatic carbocycles. The van der Waals surface area contributed by atoms with Gasteiger partial charge in [-0.05, 0) is 31.2 Å². The highest BCUT2D eigenvalue weighted by molar-refractivity contribution is 7.99. The Labute approximate surface area is 176 Å². The highest BCUT2D eigenvalue weighted by Crippen LogP contribution is 2.31. The fourth-order valence-electron chi connectivity index (χ4n) is 2.75. The van der Waals surface area contributed by atoms with E-state index in [0.717, 1.165) is 11.8 Å². The van der Waals surface area contributed by atoms with E-state index in [1.165, 1.54) is 25.3 Å². The standard InChI is InChI=1S/C19H19N5O5S/c1-3-23-18(13-6-4-5-7-16(13)25)21-22-19(23)30-11-17(26)20-14-9-8-12(29-2)10-15(14)24(27)28/h4-10,25H,3,11H2,1-2H3,(H,20,26). The molecule has 2 N–H and O–H groups in total. The van der Waals surface area contributed by atoms with Crippen molar-refractivity contribution >= 4 is 29.0 Å². The predicted molar refractivity (Wildman–Crippen MR) is 112 cm³/mol.